The molecule has 1 aliphatic rings. The first-order valence-corrected chi connectivity index (χ1v) is 9.45. The van der Waals surface area contributed by atoms with E-state index in [1.54, 1.807) is 23.0 Å². The fraction of sp³-hybridized carbons (Fsp3) is 0.227. The molecule has 1 N–H and O–H groups in total. The maximum Gasteiger partial charge on any atom is 0.255 e. The standard InChI is InChI=1S/C22H21N5O/c1-14-11-25-19(12-24-14)15-6-8-27(22(28)9-15)16-3-4-17-18-5-7-23-13-21(18)26(2)20(17)10-16/h3-4,6,8-12,23H,5,7,13H2,1-2H3. The highest BCUT2D eigenvalue weighted by Crippen LogP contribution is 2.29. The van der Waals surface area contributed by atoms with Crippen molar-refractivity contribution < 1.29 is 0 Å². The van der Waals surface area contributed by atoms with Gasteiger partial charge in [0.25, 0.3) is 5.56 Å². The second-order valence-corrected chi connectivity index (χ2v) is 7.28. The summed E-state index contributed by atoms with van der Waals surface area (Å²) in [7, 11) is 2.10. The average Bonchev–Trinajstić information content (AvgIpc) is 3.01. The Hall–Kier alpha value is -3.25. The van der Waals surface area contributed by atoms with Crippen LogP contribution in [0.3, 0.4) is 0 Å². The van der Waals surface area contributed by atoms with Gasteiger partial charge in [0.15, 0.2) is 0 Å². The monoisotopic (exact) mass is 371 g/mol. The molecule has 0 radical (unpaired) electrons. The van der Waals surface area contributed by atoms with Crippen LogP contribution in [0.5, 0.6) is 0 Å². The van der Waals surface area contributed by atoms with E-state index in [-0.39, 0.29) is 5.56 Å². The van der Waals surface area contributed by atoms with E-state index in [1.807, 2.05) is 25.3 Å². The average molecular weight is 371 g/mol. The minimum Gasteiger partial charge on any atom is -0.346 e. The zero-order chi connectivity index (χ0) is 19.3. The van der Waals surface area contributed by atoms with Gasteiger partial charge in [-0.05, 0) is 43.7 Å². The van der Waals surface area contributed by atoms with E-state index in [0.29, 0.717) is 5.69 Å². The molecule has 0 aliphatic carbocycles. The molecular weight excluding hydrogens is 350 g/mol. The zero-order valence-corrected chi connectivity index (χ0v) is 15.9. The van der Waals surface area contributed by atoms with Crippen molar-refractivity contribution in [3.63, 3.8) is 0 Å². The molecule has 0 unspecified atom stereocenters. The van der Waals surface area contributed by atoms with Crippen molar-refractivity contribution in [2.45, 2.75) is 19.9 Å². The smallest absolute Gasteiger partial charge is 0.255 e. The van der Waals surface area contributed by atoms with Gasteiger partial charge in [-0.2, -0.15) is 0 Å². The van der Waals surface area contributed by atoms with Crippen molar-refractivity contribution in [2.75, 3.05) is 6.54 Å². The number of nitrogens with zero attached hydrogens (tertiary/aromatic N) is 4. The third kappa shape index (κ3) is 2.65. The Kier molecular flexibility index (Phi) is 3.87. The van der Waals surface area contributed by atoms with Crippen LogP contribution in [0.1, 0.15) is 17.0 Å². The van der Waals surface area contributed by atoms with Crippen molar-refractivity contribution >= 4 is 10.9 Å². The molecule has 0 atom stereocenters. The Morgan fingerprint density at radius 3 is 2.79 bits per heavy atom. The maximum atomic E-state index is 12.8. The zero-order valence-electron chi connectivity index (χ0n) is 15.9. The van der Waals surface area contributed by atoms with Crippen molar-refractivity contribution in [2.24, 2.45) is 7.05 Å². The van der Waals surface area contributed by atoms with Gasteiger partial charge in [-0.25, -0.2) is 0 Å². The summed E-state index contributed by atoms with van der Waals surface area (Å²) in [6, 6.07) is 9.78. The van der Waals surface area contributed by atoms with Gasteiger partial charge in [-0.3, -0.25) is 19.3 Å². The minimum absolute atomic E-state index is 0.0835. The summed E-state index contributed by atoms with van der Waals surface area (Å²) in [4.78, 5) is 21.4. The van der Waals surface area contributed by atoms with Crippen LogP contribution in [-0.4, -0.2) is 25.6 Å². The quantitative estimate of drug-likeness (QED) is 0.588. The van der Waals surface area contributed by atoms with E-state index < -0.39 is 0 Å². The Morgan fingerprint density at radius 1 is 1.11 bits per heavy atom. The predicted octanol–water partition coefficient (Wildman–Crippen LogP) is 2.74. The lowest BCUT2D eigenvalue weighted by atomic mass is 10.0. The largest absolute Gasteiger partial charge is 0.346 e. The van der Waals surface area contributed by atoms with Crippen LogP contribution < -0.4 is 10.9 Å². The number of fused-ring (bicyclic) bond motifs is 3. The Bertz CT molecular complexity index is 1250. The van der Waals surface area contributed by atoms with Gasteiger partial charge in [0, 0.05) is 48.7 Å². The van der Waals surface area contributed by atoms with Gasteiger partial charge < -0.3 is 9.88 Å². The molecule has 0 saturated carbocycles. The third-order valence-electron chi connectivity index (χ3n) is 5.54. The number of hydrogen-bond donors (Lipinski definition) is 1. The van der Waals surface area contributed by atoms with Crippen molar-refractivity contribution in [1.29, 1.82) is 0 Å². The van der Waals surface area contributed by atoms with Crippen LogP contribution in [0.15, 0.2) is 53.7 Å². The van der Waals surface area contributed by atoms with Crippen molar-refractivity contribution in [1.82, 2.24) is 24.4 Å². The summed E-state index contributed by atoms with van der Waals surface area (Å²) >= 11 is 0. The third-order valence-corrected chi connectivity index (χ3v) is 5.54. The molecule has 4 heterocycles. The summed E-state index contributed by atoms with van der Waals surface area (Å²) in [5, 5.41) is 4.72. The van der Waals surface area contributed by atoms with Crippen molar-refractivity contribution in [3.8, 4) is 16.9 Å². The van der Waals surface area contributed by atoms with E-state index in [4.69, 9.17) is 0 Å². The molecule has 4 aromatic rings. The van der Waals surface area contributed by atoms with Gasteiger partial charge in [0.1, 0.15) is 0 Å². The summed E-state index contributed by atoms with van der Waals surface area (Å²) in [6.07, 6.45) is 6.26. The first kappa shape index (κ1) is 16.9. The molecule has 140 valence electrons. The highest BCUT2D eigenvalue weighted by atomic mass is 16.1. The van der Waals surface area contributed by atoms with E-state index >= 15 is 0 Å². The fourth-order valence-electron chi connectivity index (χ4n) is 4.02. The predicted molar refractivity (Wildman–Crippen MR) is 110 cm³/mol. The molecule has 0 amide bonds. The van der Waals surface area contributed by atoms with Crippen LogP contribution in [0.2, 0.25) is 0 Å². The number of aryl methyl sites for hydroxylation is 2. The highest BCUT2D eigenvalue weighted by molar-refractivity contribution is 5.87. The second-order valence-electron chi connectivity index (χ2n) is 7.28. The number of aromatic nitrogens is 4. The lowest BCUT2D eigenvalue weighted by Crippen LogP contribution is -2.24. The van der Waals surface area contributed by atoms with Gasteiger partial charge in [0.05, 0.1) is 28.8 Å². The van der Waals surface area contributed by atoms with Crippen LogP contribution in [0.4, 0.5) is 0 Å². The van der Waals surface area contributed by atoms with E-state index in [1.165, 1.54) is 16.6 Å². The van der Waals surface area contributed by atoms with Crippen LogP contribution in [0.25, 0.3) is 27.8 Å². The van der Waals surface area contributed by atoms with Crippen LogP contribution in [-0.2, 0) is 20.0 Å². The second kappa shape index (κ2) is 6.42. The number of pyridine rings is 1. The molecule has 5 rings (SSSR count). The number of benzene rings is 1. The number of rotatable bonds is 2. The van der Waals surface area contributed by atoms with Crippen molar-refractivity contribution in [3.05, 3.63) is 76.2 Å². The SMILES string of the molecule is Cc1cnc(-c2ccn(-c3ccc4c5c(n(C)c4c3)CNCC5)c(=O)c2)cn1. The Balaban J connectivity index is 1.59. The Morgan fingerprint density at radius 2 is 2.00 bits per heavy atom. The lowest BCUT2D eigenvalue weighted by Gasteiger charge is -2.14. The minimum atomic E-state index is -0.0835. The molecular formula is C22H21N5O. The topological polar surface area (TPSA) is 64.7 Å². The summed E-state index contributed by atoms with van der Waals surface area (Å²) in [5.74, 6) is 0. The lowest BCUT2D eigenvalue weighted by molar-refractivity contribution is 0.614. The molecule has 6 heteroatoms. The first-order chi connectivity index (χ1) is 13.6. The van der Waals surface area contributed by atoms with Gasteiger partial charge >= 0.3 is 0 Å². The van der Waals surface area contributed by atoms with E-state index in [2.05, 4.69) is 39.0 Å². The number of nitrogens with one attached hydrogen (secondary N) is 1. The van der Waals surface area contributed by atoms with E-state index in [9.17, 15) is 4.79 Å². The molecule has 3 aromatic heterocycles. The fourth-order valence-corrected chi connectivity index (χ4v) is 4.02. The molecule has 28 heavy (non-hydrogen) atoms. The molecule has 0 spiro atoms. The van der Waals surface area contributed by atoms with Gasteiger partial charge in [0.2, 0.25) is 0 Å². The normalized spacial score (nSPS) is 13.6. The molecule has 0 saturated heterocycles. The highest BCUT2D eigenvalue weighted by Gasteiger charge is 2.18. The summed E-state index contributed by atoms with van der Waals surface area (Å²) in [6.45, 7) is 3.79. The Labute approximate surface area is 162 Å². The summed E-state index contributed by atoms with van der Waals surface area (Å²) < 4.78 is 3.91. The van der Waals surface area contributed by atoms with Crippen LogP contribution in [0, 0.1) is 6.92 Å². The van der Waals surface area contributed by atoms with E-state index in [0.717, 1.165) is 42.0 Å². The van der Waals surface area contributed by atoms with Crippen LogP contribution >= 0.6 is 0 Å². The maximum absolute atomic E-state index is 12.8. The van der Waals surface area contributed by atoms with Gasteiger partial charge in [-0.15, -0.1) is 0 Å². The summed E-state index contributed by atoms with van der Waals surface area (Å²) in [5.41, 5.74) is 7.02. The van der Waals surface area contributed by atoms with Gasteiger partial charge in [-0.1, -0.05) is 6.07 Å². The first-order valence-electron chi connectivity index (χ1n) is 9.45. The molecule has 6 nitrogen and oxygen atoms in total. The number of hydrogen-bond acceptors (Lipinski definition) is 4. The molecule has 1 aliphatic heterocycles. The molecule has 0 fully saturated rings. The molecule has 1 aromatic carbocycles. The molecule has 0 bridgehead atoms.